The van der Waals surface area contributed by atoms with Gasteiger partial charge in [-0.05, 0) is 42.2 Å². The highest BCUT2D eigenvalue weighted by Gasteiger charge is 2.16. The van der Waals surface area contributed by atoms with E-state index in [1.54, 1.807) is 7.11 Å². The molecule has 0 radical (unpaired) electrons. The number of hydrogen-bond acceptors (Lipinski definition) is 2. The van der Waals surface area contributed by atoms with Crippen LogP contribution in [0.4, 0.5) is 0 Å². The molecule has 4 rings (SSSR count). The Kier molecular flexibility index (Phi) is 5.24. The van der Waals surface area contributed by atoms with Crippen molar-refractivity contribution >= 4 is 11.0 Å². The molecule has 26 heavy (non-hydrogen) atoms. The van der Waals surface area contributed by atoms with Crippen LogP contribution in [-0.4, -0.2) is 16.7 Å². The van der Waals surface area contributed by atoms with Crippen molar-refractivity contribution < 1.29 is 4.74 Å². The van der Waals surface area contributed by atoms with Crippen molar-refractivity contribution in [2.75, 3.05) is 7.11 Å². The fraction of sp³-hybridized carbons (Fsp3) is 0.435. The van der Waals surface area contributed by atoms with Crippen molar-refractivity contribution in [3.8, 4) is 5.75 Å². The molecule has 0 N–H and O–H groups in total. The molecule has 1 aromatic heterocycles. The van der Waals surface area contributed by atoms with Crippen LogP contribution in [0.2, 0.25) is 0 Å². The third kappa shape index (κ3) is 3.77. The first kappa shape index (κ1) is 17.1. The van der Waals surface area contributed by atoms with E-state index in [2.05, 4.69) is 41.0 Å². The molecule has 1 heterocycles. The number of methoxy groups -OCH3 is 1. The zero-order valence-corrected chi connectivity index (χ0v) is 15.7. The molecule has 3 aromatic rings. The Morgan fingerprint density at radius 1 is 1.00 bits per heavy atom. The first-order chi connectivity index (χ1) is 12.8. The number of hydrogen-bond donors (Lipinski definition) is 0. The van der Waals surface area contributed by atoms with Crippen LogP contribution in [0, 0.1) is 5.92 Å². The van der Waals surface area contributed by atoms with Gasteiger partial charge < -0.3 is 9.30 Å². The maximum absolute atomic E-state index is 5.28. The lowest BCUT2D eigenvalue weighted by Gasteiger charge is -2.22. The van der Waals surface area contributed by atoms with Crippen molar-refractivity contribution in [2.45, 2.75) is 51.5 Å². The monoisotopic (exact) mass is 348 g/mol. The number of aryl methyl sites for hydroxylation is 1. The Hall–Kier alpha value is -2.29. The largest absolute Gasteiger partial charge is 0.497 e. The van der Waals surface area contributed by atoms with Crippen molar-refractivity contribution in [1.29, 1.82) is 0 Å². The number of rotatable bonds is 6. The van der Waals surface area contributed by atoms with E-state index in [-0.39, 0.29) is 0 Å². The van der Waals surface area contributed by atoms with E-state index in [1.165, 1.54) is 55.4 Å². The molecule has 136 valence electrons. The Balaban J connectivity index is 1.57. The van der Waals surface area contributed by atoms with Crippen LogP contribution in [0.25, 0.3) is 11.0 Å². The summed E-state index contributed by atoms with van der Waals surface area (Å²) in [5.74, 6) is 2.96. The number of nitrogens with zero attached hydrogens (tertiary/aromatic N) is 2. The quantitative estimate of drug-likeness (QED) is 0.579. The van der Waals surface area contributed by atoms with Crippen LogP contribution in [-0.2, 0) is 13.0 Å². The fourth-order valence-electron chi connectivity index (χ4n) is 4.22. The normalized spacial score (nSPS) is 15.4. The predicted octanol–water partition coefficient (Wildman–Crippen LogP) is 5.61. The van der Waals surface area contributed by atoms with Gasteiger partial charge in [-0.2, -0.15) is 0 Å². The van der Waals surface area contributed by atoms with Gasteiger partial charge in [-0.1, -0.05) is 56.4 Å². The second kappa shape index (κ2) is 7.94. The Morgan fingerprint density at radius 2 is 1.77 bits per heavy atom. The van der Waals surface area contributed by atoms with E-state index < -0.39 is 0 Å². The summed E-state index contributed by atoms with van der Waals surface area (Å²) >= 11 is 0. The van der Waals surface area contributed by atoms with Crippen molar-refractivity contribution in [1.82, 2.24) is 9.55 Å². The summed E-state index contributed by atoms with van der Waals surface area (Å²) in [6.07, 6.45) is 9.19. The maximum atomic E-state index is 5.28. The Morgan fingerprint density at radius 3 is 2.54 bits per heavy atom. The number of ether oxygens (including phenoxy) is 1. The highest BCUT2D eigenvalue weighted by Crippen LogP contribution is 2.28. The minimum Gasteiger partial charge on any atom is -0.497 e. The summed E-state index contributed by atoms with van der Waals surface area (Å²) in [4.78, 5) is 4.95. The van der Waals surface area contributed by atoms with E-state index in [9.17, 15) is 0 Å². The molecule has 3 nitrogen and oxygen atoms in total. The molecular weight excluding hydrogens is 320 g/mol. The summed E-state index contributed by atoms with van der Waals surface area (Å²) < 4.78 is 7.73. The molecule has 1 aliphatic carbocycles. The van der Waals surface area contributed by atoms with Crippen molar-refractivity contribution in [3.63, 3.8) is 0 Å². The highest BCUT2D eigenvalue weighted by atomic mass is 16.5. The predicted molar refractivity (Wildman–Crippen MR) is 107 cm³/mol. The van der Waals surface area contributed by atoms with E-state index >= 15 is 0 Å². The lowest BCUT2D eigenvalue weighted by atomic mass is 9.87. The molecule has 1 fully saturated rings. The second-order valence-corrected chi connectivity index (χ2v) is 7.49. The summed E-state index contributed by atoms with van der Waals surface area (Å²) in [6, 6.07) is 16.9. The topological polar surface area (TPSA) is 27.1 Å². The van der Waals surface area contributed by atoms with Gasteiger partial charge in [-0.15, -0.1) is 0 Å². The Bertz CT molecular complexity index is 844. The molecule has 0 aliphatic heterocycles. The number of para-hydroxylation sites is 2. The van der Waals surface area contributed by atoms with Crippen LogP contribution in [0.15, 0.2) is 48.5 Å². The molecule has 0 saturated heterocycles. The molecule has 0 unspecified atom stereocenters. The highest BCUT2D eigenvalue weighted by molar-refractivity contribution is 5.76. The number of aromatic nitrogens is 2. The lowest BCUT2D eigenvalue weighted by Crippen LogP contribution is -2.12. The maximum Gasteiger partial charge on any atom is 0.118 e. The van der Waals surface area contributed by atoms with Gasteiger partial charge in [0.2, 0.25) is 0 Å². The van der Waals surface area contributed by atoms with Crippen LogP contribution in [0.3, 0.4) is 0 Å². The van der Waals surface area contributed by atoms with E-state index in [1.807, 2.05) is 12.1 Å². The average molecular weight is 348 g/mol. The molecule has 3 heteroatoms. The van der Waals surface area contributed by atoms with E-state index in [0.29, 0.717) is 0 Å². The molecule has 2 aromatic carbocycles. The number of benzene rings is 2. The van der Waals surface area contributed by atoms with E-state index in [4.69, 9.17) is 9.72 Å². The van der Waals surface area contributed by atoms with Gasteiger partial charge in [-0.25, -0.2) is 4.98 Å². The standard InChI is InChI=1S/C23H28N2O/c1-26-20-13-11-19(12-14-20)17-23-24-21-9-5-6-10-22(21)25(23)16-15-18-7-3-2-4-8-18/h5-6,9-14,18H,2-4,7-8,15-17H2,1H3. The molecular formula is C23H28N2O. The van der Waals surface area contributed by atoms with Gasteiger partial charge >= 0.3 is 0 Å². The third-order valence-electron chi connectivity index (χ3n) is 5.74. The van der Waals surface area contributed by atoms with Crippen molar-refractivity contribution in [3.05, 3.63) is 59.9 Å². The van der Waals surface area contributed by atoms with Gasteiger partial charge in [0.15, 0.2) is 0 Å². The molecule has 0 atom stereocenters. The summed E-state index contributed by atoms with van der Waals surface area (Å²) in [7, 11) is 1.71. The zero-order valence-electron chi connectivity index (χ0n) is 15.7. The van der Waals surface area contributed by atoms with Gasteiger partial charge in [0, 0.05) is 13.0 Å². The summed E-state index contributed by atoms with van der Waals surface area (Å²) in [6.45, 7) is 1.08. The zero-order chi connectivity index (χ0) is 17.8. The van der Waals surface area contributed by atoms with Crippen LogP contribution >= 0.6 is 0 Å². The van der Waals surface area contributed by atoms with E-state index in [0.717, 1.165) is 30.1 Å². The molecule has 0 bridgehead atoms. The fourth-order valence-corrected chi connectivity index (χ4v) is 4.22. The average Bonchev–Trinajstić information content (AvgIpc) is 3.05. The minimum atomic E-state index is 0.864. The molecule has 1 aliphatic rings. The van der Waals surface area contributed by atoms with Gasteiger partial charge in [0.25, 0.3) is 0 Å². The lowest BCUT2D eigenvalue weighted by molar-refractivity contribution is 0.324. The van der Waals surface area contributed by atoms with Gasteiger partial charge in [-0.3, -0.25) is 0 Å². The molecule has 0 amide bonds. The first-order valence-corrected chi connectivity index (χ1v) is 9.90. The minimum absolute atomic E-state index is 0.864. The van der Waals surface area contributed by atoms with Crippen LogP contribution < -0.4 is 4.74 Å². The molecule has 0 spiro atoms. The van der Waals surface area contributed by atoms with Gasteiger partial charge in [0.05, 0.1) is 18.1 Å². The van der Waals surface area contributed by atoms with Crippen LogP contribution in [0.5, 0.6) is 5.75 Å². The Labute approximate surface area is 156 Å². The summed E-state index contributed by atoms with van der Waals surface area (Å²) in [5.41, 5.74) is 3.66. The molecule has 1 saturated carbocycles. The van der Waals surface area contributed by atoms with Crippen molar-refractivity contribution in [2.24, 2.45) is 5.92 Å². The SMILES string of the molecule is COc1ccc(Cc2nc3ccccc3n2CCC2CCCCC2)cc1. The smallest absolute Gasteiger partial charge is 0.118 e. The number of imidazole rings is 1. The first-order valence-electron chi connectivity index (χ1n) is 9.90. The number of fused-ring (bicyclic) bond motifs is 1. The second-order valence-electron chi connectivity index (χ2n) is 7.49. The van der Waals surface area contributed by atoms with Crippen LogP contribution in [0.1, 0.15) is 49.9 Å². The summed E-state index contributed by atoms with van der Waals surface area (Å²) in [5, 5.41) is 0. The third-order valence-corrected chi connectivity index (χ3v) is 5.74. The van der Waals surface area contributed by atoms with Gasteiger partial charge in [0.1, 0.15) is 11.6 Å².